The predicted molar refractivity (Wildman–Crippen MR) is 106 cm³/mol. The van der Waals surface area contributed by atoms with E-state index in [0.717, 1.165) is 5.56 Å². The van der Waals surface area contributed by atoms with Crippen molar-refractivity contribution in [3.63, 3.8) is 0 Å². The summed E-state index contributed by atoms with van der Waals surface area (Å²) in [5, 5.41) is 3.25. The van der Waals surface area contributed by atoms with Crippen LogP contribution in [0.3, 0.4) is 0 Å². The Morgan fingerprint density at radius 2 is 1.86 bits per heavy atom. The molecule has 150 valence electrons. The molecule has 0 radical (unpaired) electrons. The Labute approximate surface area is 168 Å². The van der Waals surface area contributed by atoms with Gasteiger partial charge in [-0.2, -0.15) is 0 Å². The maximum absolute atomic E-state index is 12.3. The fourth-order valence-electron chi connectivity index (χ4n) is 2.31. The van der Waals surface area contributed by atoms with Crippen molar-refractivity contribution in [2.45, 2.75) is 27.3 Å². The Bertz CT molecular complexity index is 809. The molecule has 0 aliphatic carbocycles. The molecule has 0 atom stereocenters. The van der Waals surface area contributed by atoms with Gasteiger partial charge in [0, 0.05) is 18.0 Å². The monoisotopic (exact) mass is 404 g/mol. The van der Waals surface area contributed by atoms with Crippen molar-refractivity contribution in [1.29, 1.82) is 0 Å². The molecule has 1 N–H and O–H groups in total. The zero-order chi connectivity index (χ0) is 20.9. The van der Waals surface area contributed by atoms with Crippen LogP contribution in [-0.4, -0.2) is 47.9 Å². The maximum Gasteiger partial charge on any atom is 0.337 e. The smallest absolute Gasteiger partial charge is 0.337 e. The summed E-state index contributed by atoms with van der Waals surface area (Å²) < 4.78 is 4.64. The van der Waals surface area contributed by atoms with Crippen molar-refractivity contribution in [2.24, 2.45) is 5.41 Å². The molecule has 0 aromatic heterocycles. The van der Waals surface area contributed by atoms with Crippen LogP contribution in [-0.2, 0) is 25.7 Å². The number of nitrogens with one attached hydrogen (secondary N) is 1. The van der Waals surface area contributed by atoms with Gasteiger partial charge in [0.2, 0.25) is 11.8 Å². The summed E-state index contributed by atoms with van der Waals surface area (Å²) in [6.45, 7) is 5.52. The number of ketones is 1. The number of benzene rings is 1. The first-order valence-electron chi connectivity index (χ1n) is 8.75. The average Bonchev–Trinajstić information content (AvgIpc) is 2.98. The molecule has 1 aromatic carbocycles. The lowest BCUT2D eigenvalue weighted by atomic mass is 9.91. The van der Waals surface area contributed by atoms with Gasteiger partial charge in [-0.1, -0.05) is 44.7 Å². The van der Waals surface area contributed by atoms with Gasteiger partial charge in [0.15, 0.2) is 5.78 Å². The molecule has 28 heavy (non-hydrogen) atoms. The second kappa shape index (κ2) is 9.05. The third-order valence-electron chi connectivity index (χ3n) is 4.07. The Kier molecular flexibility index (Phi) is 7.01. The average molecular weight is 404 g/mol. The van der Waals surface area contributed by atoms with Crippen molar-refractivity contribution >= 4 is 35.3 Å². The molecule has 0 saturated carbocycles. The molecule has 0 unspecified atom stereocenters. The van der Waals surface area contributed by atoms with Crippen LogP contribution in [0.4, 0.5) is 0 Å². The van der Waals surface area contributed by atoms with E-state index in [0.29, 0.717) is 10.6 Å². The number of carbonyl (C=O) groups is 4. The van der Waals surface area contributed by atoms with Gasteiger partial charge in [-0.25, -0.2) is 4.79 Å². The molecule has 0 spiro atoms. The van der Waals surface area contributed by atoms with Crippen LogP contribution in [0.25, 0.3) is 0 Å². The highest BCUT2D eigenvalue weighted by molar-refractivity contribution is 8.04. The number of esters is 1. The number of carbonyl (C=O) groups excluding carboxylic acids is 4. The molecule has 0 bridgehead atoms. The number of thioether (sulfide) groups is 1. The molecule has 1 aromatic rings. The number of methoxy groups -OCH3 is 1. The van der Waals surface area contributed by atoms with Gasteiger partial charge in [0.25, 0.3) is 0 Å². The molecule has 8 heteroatoms. The normalized spacial score (nSPS) is 15.6. The summed E-state index contributed by atoms with van der Waals surface area (Å²) in [6, 6.07) is 6.67. The van der Waals surface area contributed by atoms with Crippen molar-refractivity contribution in [2.75, 3.05) is 19.4 Å². The highest BCUT2D eigenvalue weighted by Gasteiger charge is 2.30. The van der Waals surface area contributed by atoms with Crippen molar-refractivity contribution in [1.82, 2.24) is 10.2 Å². The fourth-order valence-corrected chi connectivity index (χ4v) is 3.25. The third kappa shape index (κ3) is 5.69. The predicted octanol–water partition coefficient (Wildman–Crippen LogP) is 2.12. The van der Waals surface area contributed by atoms with E-state index in [4.69, 9.17) is 0 Å². The van der Waals surface area contributed by atoms with Crippen LogP contribution in [0.2, 0.25) is 0 Å². The zero-order valence-electron chi connectivity index (χ0n) is 16.4. The number of rotatable bonds is 6. The number of nitrogens with zero attached hydrogens (tertiary/aromatic N) is 1. The largest absolute Gasteiger partial charge is 0.465 e. The highest BCUT2D eigenvalue weighted by atomic mass is 32.2. The number of hydrogen-bond donors (Lipinski definition) is 1. The number of hydrogen-bond acceptors (Lipinski definition) is 6. The van der Waals surface area contributed by atoms with E-state index >= 15 is 0 Å². The maximum atomic E-state index is 12.3. The summed E-state index contributed by atoms with van der Waals surface area (Å²) in [7, 11) is 1.31. The highest BCUT2D eigenvalue weighted by Crippen LogP contribution is 2.30. The summed E-state index contributed by atoms with van der Waals surface area (Å²) in [6.07, 6.45) is 1.44. The summed E-state index contributed by atoms with van der Waals surface area (Å²) in [5.74, 6) is -0.839. The lowest BCUT2D eigenvalue weighted by molar-refractivity contribution is -0.131. The molecule has 2 amide bonds. The summed E-state index contributed by atoms with van der Waals surface area (Å²) in [4.78, 5) is 49.3. The molecule has 1 saturated heterocycles. The van der Waals surface area contributed by atoms with Crippen molar-refractivity contribution in [3.05, 3.63) is 46.5 Å². The van der Waals surface area contributed by atoms with Gasteiger partial charge in [-0.05, 0) is 17.7 Å². The van der Waals surface area contributed by atoms with Gasteiger partial charge in [0.05, 0.1) is 23.5 Å². The van der Waals surface area contributed by atoms with E-state index in [1.54, 1.807) is 45.0 Å². The van der Waals surface area contributed by atoms with E-state index < -0.39 is 11.4 Å². The molecular formula is C20H24N2O5S. The minimum Gasteiger partial charge on any atom is -0.465 e. The summed E-state index contributed by atoms with van der Waals surface area (Å²) >= 11 is 1.26. The van der Waals surface area contributed by atoms with Gasteiger partial charge < -0.3 is 10.1 Å². The van der Waals surface area contributed by atoms with Gasteiger partial charge >= 0.3 is 5.97 Å². The van der Waals surface area contributed by atoms with Crippen LogP contribution < -0.4 is 5.32 Å². The first kappa shape index (κ1) is 21.7. The Hall–Kier alpha value is -2.61. The SMILES string of the molecule is COC(=O)c1ccc(CNC(=O)CN2C(=O)CS/C2=C\C(=O)C(C)(C)C)cc1. The standard InChI is InChI=1S/C20H24N2O5S/c1-20(2,3)15(23)9-18-22(17(25)12-28-18)11-16(24)21-10-13-5-7-14(8-6-13)19(26)27-4/h5-9H,10-12H2,1-4H3,(H,21,24)/b18-9-. The van der Waals surface area contributed by atoms with Gasteiger partial charge in [-0.3, -0.25) is 19.3 Å². The number of amides is 2. The first-order valence-corrected chi connectivity index (χ1v) is 9.73. The minimum absolute atomic E-state index is 0.0965. The van der Waals surface area contributed by atoms with Gasteiger partial charge in [-0.15, -0.1) is 0 Å². The van der Waals surface area contributed by atoms with Crippen LogP contribution in [0.15, 0.2) is 35.4 Å². The molecule has 2 rings (SSSR count). The van der Waals surface area contributed by atoms with Crippen LogP contribution in [0, 0.1) is 5.41 Å². The van der Waals surface area contributed by atoms with Crippen LogP contribution >= 0.6 is 11.8 Å². The van der Waals surface area contributed by atoms with Crippen molar-refractivity contribution in [3.8, 4) is 0 Å². The van der Waals surface area contributed by atoms with Crippen LogP contribution in [0.1, 0.15) is 36.7 Å². The molecule has 7 nitrogen and oxygen atoms in total. The van der Waals surface area contributed by atoms with Crippen LogP contribution in [0.5, 0.6) is 0 Å². The minimum atomic E-state index is -0.552. The first-order chi connectivity index (χ1) is 13.1. The molecule has 1 heterocycles. The Morgan fingerprint density at radius 1 is 1.21 bits per heavy atom. The zero-order valence-corrected chi connectivity index (χ0v) is 17.2. The lowest BCUT2D eigenvalue weighted by Crippen LogP contribution is -2.37. The summed E-state index contributed by atoms with van der Waals surface area (Å²) in [5.41, 5.74) is 0.682. The Balaban J connectivity index is 1.95. The number of allylic oxidation sites excluding steroid dienone is 1. The second-order valence-corrected chi connectivity index (χ2v) is 8.33. The van der Waals surface area contributed by atoms with E-state index in [9.17, 15) is 19.2 Å². The van der Waals surface area contributed by atoms with E-state index in [2.05, 4.69) is 10.1 Å². The van der Waals surface area contributed by atoms with E-state index in [-0.39, 0.29) is 36.4 Å². The molecular weight excluding hydrogens is 380 g/mol. The fraction of sp³-hybridized carbons (Fsp3) is 0.400. The molecule has 1 fully saturated rings. The number of ether oxygens (including phenoxy) is 1. The lowest BCUT2D eigenvalue weighted by Gasteiger charge is -2.19. The van der Waals surface area contributed by atoms with Crippen molar-refractivity contribution < 1.29 is 23.9 Å². The third-order valence-corrected chi connectivity index (χ3v) is 5.10. The topological polar surface area (TPSA) is 92.8 Å². The quantitative estimate of drug-likeness (QED) is 0.577. The van der Waals surface area contributed by atoms with E-state index in [1.807, 2.05) is 0 Å². The second-order valence-electron chi connectivity index (χ2n) is 7.33. The van der Waals surface area contributed by atoms with E-state index in [1.165, 1.54) is 29.8 Å². The molecule has 1 aliphatic heterocycles. The molecule has 1 aliphatic rings. The Morgan fingerprint density at radius 3 is 2.43 bits per heavy atom. The van der Waals surface area contributed by atoms with Gasteiger partial charge in [0.1, 0.15) is 6.54 Å².